The molecule has 6 nitrogen and oxygen atoms in total. The molecule has 2 aromatic heterocycles. The molecule has 0 saturated carbocycles. The lowest BCUT2D eigenvalue weighted by atomic mass is 10.2. The molecule has 0 aliphatic carbocycles. The number of carbonyl (C=O) groups excluding carboxylic acids is 1. The quantitative estimate of drug-likeness (QED) is 0.498. The number of carbonyl (C=O) groups is 1. The van der Waals surface area contributed by atoms with Crippen molar-refractivity contribution in [3.05, 3.63) is 69.1 Å². The minimum Gasteiger partial charge on any atom is -0.310 e. The van der Waals surface area contributed by atoms with Crippen molar-refractivity contribution in [2.45, 2.75) is 17.8 Å². The van der Waals surface area contributed by atoms with Crippen LogP contribution in [0.2, 0.25) is 5.02 Å². The SMILES string of the molecule is CCSc1nnc(NC(=O)c2ccc(=O)n(Cc3ccccc3Cl)c2)s1. The molecule has 0 bridgehead atoms. The van der Waals surface area contributed by atoms with Gasteiger partial charge in [-0.2, -0.15) is 0 Å². The summed E-state index contributed by atoms with van der Waals surface area (Å²) in [7, 11) is 0. The number of anilines is 1. The number of nitrogens with zero attached hydrogens (tertiary/aromatic N) is 3. The van der Waals surface area contributed by atoms with E-state index in [0.717, 1.165) is 15.7 Å². The Kier molecular flexibility index (Phi) is 6.08. The Morgan fingerprint density at radius 3 is 2.85 bits per heavy atom. The number of thioether (sulfide) groups is 1. The number of aromatic nitrogens is 3. The molecule has 0 aliphatic rings. The highest BCUT2D eigenvalue weighted by molar-refractivity contribution is 8.01. The van der Waals surface area contributed by atoms with Gasteiger partial charge < -0.3 is 4.57 Å². The summed E-state index contributed by atoms with van der Waals surface area (Å²) in [4.78, 5) is 24.6. The van der Waals surface area contributed by atoms with Crippen molar-refractivity contribution in [1.29, 1.82) is 0 Å². The molecule has 1 N–H and O–H groups in total. The fourth-order valence-corrected chi connectivity index (χ4v) is 4.05. The third-order valence-corrected chi connectivity index (χ3v) is 5.66. The second kappa shape index (κ2) is 8.48. The molecule has 0 fully saturated rings. The van der Waals surface area contributed by atoms with Crippen LogP contribution in [0.3, 0.4) is 0 Å². The molecular formula is C17H15ClN4O2S2. The van der Waals surface area contributed by atoms with Crippen LogP contribution in [-0.2, 0) is 6.54 Å². The molecule has 0 spiro atoms. The van der Waals surface area contributed by atoms with E-state index < -0.39 is 0 Å². The standard InChI is InChI=1S/C17H15ClN4O2S2/c1-2-25-17-21-20-16(26-17)19-15(24)12-7-8-14(23)22(10-12)9-11-5-3-4-6-13(11)18/h3-8,10H,2,9H2,1H3,(H,19,20,24). The van der Waals surface area contributed by atoms with E-state index in [-0.39, 0.29) is 18.0 Å². The van der Waals surface area contributed by atoms with Crippen LogP contribution in [-0.4, -0.2) is 26.4 Å². The van der Waals surface area contributed by atoms with Crippen molar-refractivity contribution in [3.63, 3.8) is 0 Å². The third-order valence-electron chi connectivity index (χ3n) is 3.44. The normalized spacial score (nSPS) is 10.7. The maximum atomic E-state index is 12.4. The van der Waals surface area contributed by atoms with Gasteiger partial charge in [0.25, 0.3) is 11.5 Å². The molecule has 134 valence electrons. The Labute approximate surface area is 163 Å². The van der Waals surface area contributed by atoms with Gasteiger partial charge in [-0.3, -0.25) is 14.9 Å². The van der Waals surface area contributed by atoms with Crippen molar-refractivity contribution in [2.75, 3.05) is 11.1 Å². The van der Waals surface area contributed by atoms with Crippen LogP contribution in [0.1, 0.15) is 22.8 Å². The molecular weight excluding hydrogens is 392 g/mol. The van der Waals surface area contributed by atoms with Gasteiger partial charge in [-0.05, 0) is 23.4 Å². The first-order valence-corrected chi connectivity index (χ1v) is 9.96. The molecule has 2 heterocycles. The number of amides is 1. The van der Waals surface area contributed by atoms with Gasteiger partial charge in [-0.1, -0.05) is 59.8 Å². The zero-order valence-electron chi connectivity index (χ0n) is 13.8. The fraction of sp³-hybridized carbons (Fsp3) is 0.176. The second-order valence-electron chi connectivity index (χ2n) is 5.24. The lowest BCUT2D eigenvalue weighted by Gasteiger charge is -2.09. The van der Waals surface area contributed by atoms with E-state index in [1.807, 2.05) is 25.1 Å². The number of halogens is 1. The highest BCUT2D eigenvalue weighted by atomic mass is 35.5. The van der Waals surface area contributed by atoms with Gasteiger partial charge in [0, 0.05) is 17.3 Å². The lowest BCUT2D eigenvalue weighted by Crippen LogP contribution is -2.22. The zero-order valence-corrected chi connectivity index (χ0v) is 16.2. The molecule has 26 heavy (non-hydrogen) atoms. The van der Waals surface area contributed by atoms with Gasteiger partial charge >= 0.3 is 0 Å². The van der Waals surface area contributed by atoms with Crippen LogP contribution in [0.25, 0.3) is 0 Å². The van der Waals surface area contributed by atoms with Crippen molar-refractivity contribution in [2.24, 2.45) is 0 Å². The highest BCUT2D eigenvalue weighted by Gasteiger charge is 2.12. The van der Waals surface area contributed by atoms with Gasteiger partial charge in [-0.25, -0.2) is 0 Å². The van der Waals surface area contributed by atoms with Crippen molar-refractivity contribution in [3.8, 4) is 0 Å². The largest absolute Gasteiger partial charge is 0.310 e. The number of benzene rings is 1. The average molecular weight is 407 g/mol. The van der Waals surface area contributed by atoms with Gasteiger partial charge in [0.2, 0.25) is 5.13 Å². The zero-order chi connectivity index (χ0) is 18.5. The molecule has 0 aliphatic heterocycles. The minimum absolute atomic E-state index is 0.209. The van der Waals surface area contributed by atoms with E-state index in [9.17, 15) is 9.59 Å². The van der Waals surface area contributed by atoms with Crippen molar-refractivity contribution >= 4 is 45.7 Å². The van der Waals surface area contributed by atoms with Crippen LogP contribution >= 0.6 is 34.7 Å². The summed E-state index contributed by atoms with van der Waals surface area (Å²) in [6.45, 7) is 2.31. The number of pyridine rings is 1. The van der Waals surface area contributed by atoms with E-state index in [1.165, 1.54) is 34.2 Å². The van der Waals surface area contributed by atoms with Crippen molar-refractivity contribution in [1.82, 2.24) is 14.8 Å². The van der Waals surface area contributed by atoms with E-state index >= 15 is 0 Å². The minimum atomic E-state index is -0.345. The molecule has 1 aromatic carbocycles. The Balaban J connectivity index is 1.78. The number of rotatable bonds is 6. The van der Waals surface area contributed by atoms with Crippen LogP contribution < -0.4 is 10.9 Å². The van der Waals surface area contributed by atoms with Crippen molar-refractivity contribution < 1.29 is 4.79 Å². The topological polar surface area (TPSA) is 76.9 Å². The Bertz CT molecular complexity index is 987. The van der Waals surface area contributed by atoms with Gasteiger partial charge in [-0.15, -0.1) is 10.2 Å². The lowest BCUT2D eigenvalue weighted by molar-refractivity contribution is 0.102. The Hall–Kier alpha value is -2.16. The number of hydrogen-bond acceptors (Lipinski definition) is 6. The molecule has 3 rings (SSSR count). The van der Waals surface area contributed by atoms with Crippen LogP contribution in [0.4, 0.5) is 5.13 Å². The fourth-order valence-electron chi connectivity index (χ4n) is 2.21. The van der Waals surface area contributed by atoms with E-state index in [0.29, 0.717) is 15.7 Å². The molecule has 9 heteroatoms. The first-order chi connectivity index (χ1) is 12.6. The highest BCUT2D eigenvalue weighted by Crippen LogP contribution is 2.25. The molecule has 0 atom stereocenters. The molecule has 0 unspecified atom stereocenters. The molecule has 0 radical (unpaired) electrons. The molecule has 1 amide bonds. The summed E-state index contributed by atoms with van der Waals surface area (Å²) in [5, 5.41) is 11.7. The summed E-state index contributed by atoms with van der Waals surface area (Å²) >= 11 is 9.03. The summed E-state index contributed by atoms with van der Waals surface area (Å²) in [6.07, 6.45) is 1.52. The number of nitrogens with one attached hydrogen (secondary N) is 1. The summed E-state index contributed by atoms with van der Waals surface area (Å²) in [5.41, 5.74) is 0.953. The summed E-state index contributed by atoms with van der Waals surface area (Å²) < 4.78 is 2.25. The number of hydrogen-bond donors (Lipinski definition) is 1. The van der Waals surface area contributed by atoms with Gasteiger partial charge in [0.05, 0.1) is 12.1 Å². The van der Waals surface area contributed by atoms with Crippen LogP contribution in [0, 0.1) is 0 Å². The third kappa shape index (κ3) is 4.51. The molecule has 3 aromatic rings. The van der Waals surface area contributed by atoms with E-state index in [4.69, 9.17) is 11.6 Å². The maximum absolute atomic E-state index is 12.4. The molecule has 0 saturated heterocycles. The monoisotopic (exact) mass is 406 g/mol. The first-order valence-electron chi connectivity index (χ1n) is 7.78. The Morgan fingerprint density at radius 1 is 1.27 bits per heavy atom. The predicted molar refractivity (Wildman–Crippen MR) is 106 cm³/mol. The predicted octanol–water partition coefficient (Wildman–Crippen LogP) is 3.77. The summed E-state index contributed by atoms with van der Waals surface area (Å²) in [6, 6.07) is 10.1. The first kappa shape index (κ1) is 18.6. The smallest absolute Gasteiger partial charge is 0.258 e. The van der Waals surface area contributed by atoms with Gasteiger partial charge in [0.1, 0.15) is 0 Å². The van der Waals surface area contributed by atoms with E-state index in [2.05, 4.69) is 15.5 Å². The van der Waals surface area contributed by atoms with E-state index in [1.54, 1.807) is 17.8 Å². The second-order valence-corrected chi connectivity index (χ2v) is 8.13. The maximum Gasteiger partial charge on any atom is 0.258 e. The average Bonchev–Trinajstić information content (AvgIpc) is 3.06. The van der Waals surface area contributed by atoms with Crippen LogP contribution in [0.5, 0.6) is 0 Å². The van der Waals surface area contributed by atoms with Gasteiger partial charge in [0.15, 0.2) is 4.34 Å². The van der Waals surface area contributed by atoms with Crippen LogP contribution in [0.15, 0.2) is 51.7 Å². The Morgan fingerprint density at radius 2 is 2.08 bits per heavy atom. The summed E-state index contributed by atoms with van der Waals surface area (Å²) in [5.74, 6) is 0.539.